The number of nitrogens with one attached hydrogen (secondary N) is 2. The summed E-state index contributed by atoms with van der Waals surface area (Å²) in [5, 5.41) is 3.43. The molecular formula is C9H20N2O2S2. The van der Waals surface area contributed by atoms with Gasteiger partial charge in [-0.1, -0.05) is 0 Å². The maximum Gasteiger partial charge on any atom is 0.211 e. The zero-order valence-electron chi connectivity index (χ0n) is 9.16. The van der Waals surface area contributed by atoms with Crippen LogP contribution in [-0.4, -0.2) is 45.3 Å². The summed E-state index contributed by atoms with van der Waals surface area (Å²) in [7, 11) is -1.22. The summed E-state index contributed by atoms with van der Waals surface area (Å²) < 4.78 is 25.7. The topological polar surface area (TPSA) is 58.2 Å². The fourth-order valence-corrected chi connectivity index (χ4v) is 3.97. The molecule has 1 fully saturated rings. The van der Waals surface area contributed by atoms with E-state index in [9.17, 15) is 8.42 Å². The fourth-order valence-electron chi connectivity index (χ4n) is 1.54. The Labute approximate surface area is 96.6 Å². The van der Waals surface area contributed by atoms with Crippen molar-refractivity contribution in [3.8, 4) is 0 Å². The first-order chi connectivity index (χ1) is 7.14. The van der Waals surface area contributed by atoms with Gasteiger partial charge in [-0.15, -0.1) is 0 Å². The number of hydrogen-bond acceptors (Lipinski definition) is 4. The molecule has 0 radical (unpaired) electrons. The van der Waals surface area contributed by atoms with E-state index in [1.807, 2.05) is 18.8 Å². The maximum atomic E-state index is 11.5. The third-order valence-corrected chi connectivity index (χ3v) is 5.23. The molecular weight excluding hydrogens is 232 g/mol. The predicted octanol–water partition coefficient (Wildman–Crippen LogP) is 0.411. The van der Waals surface area contributed by atoms with Crippen LogP contribution in [0.3, 0.4) is 0 Å². The normalized spacial score (nSPS) is 22.1. The SMILES string of the molecule is CNCCCS(=O)(=O)NCC1CCCS1. The van der Waals surface area contributed by atoms with Gasteiger partial charge in [0.1, 0.15) is 0 Å². The van der Waals surface area contributed by atoms with Crippen LogP contribution in [0.4, 0.5) is 0 Å². The summed E-state index contributed by atoms with van der Waals surface area (Å²) in [6, 6.07) is 0. The van der Waals surface area contributed by atoms with E-state index in [-0.39, 0.29) is 5.75 Å². The molecule has 1 aliphatic rings. The van der Waals surface area contributed by atoms with E-state index in [4.69, 9.17) is 0 Å². The van der Waals surface area contributed by atoms with E-state index in [0.717, 1.165) is 13.0 Å². The number of thioether (sulfide) groups is 1. The summed E-state index contributed by atoms with van der Waals surface area (Å²) in [5.41, 5.74) is 0. The van der Waals surface area contributed by atoms with Crippen LogP contribution in [0.25, 0.3) is 0 Å². The molecule has 0 spiro atoms. The van der Waals surface area contributed by atoms with Gasteiger partial charge in [0.2, 0.25) is 10.0 Å². The monoisotopic (exact) mass is 252 g/mol. The summed E-state index contributed by atoms with van der Waals surface area (Å²) in [6.45, 7) is 1.35. The molecule has 1 saturated heterocycles. The molecule has 1 rings (SSSR count). The van der Waals surface area contributed by atoms with E-state index < -0.39 is 10.0 Å². The zero-order valence-corrected chi connectivity index (χ0v) is 10.8. The minimum Gasteiger partial charge on any atom is -0.320 e. The molecule has 0 saturated carbocycles. The van der Waals surface area contributed by atoms with Crippen LogP contribution in [0.2, 0.25) is 0 Å². The fraction of sp³-hybridized carbons (Fsp3) is 1.00. The van der Waals surface area contributed by atoms with Crippen molar-refractivity contribution in [1.29, 1.82) is 0 Å². The molecule has 1 heterocycles. The molecule has 0 aromatic heterocycles. The average molecular weight is 252 g/mol. The van der Waals surface area contributed by atoms with Gasteiger partial charge in [0.15, 0.2) is 0 Å². The molecule has 90 valence electrons. The Morgan fingerprint density at radius 3 is 2.87 bits per heavy atom. The summed E-state index contributed by atoms with van der Waals surface area (Å²) in [6.07, 6.45) is 3.03. The van der Waals surface area contributed by atoms with Gasteiger partial charge in [-0.05, 0) is 38.6 Å². The standard InChI is InChI=1S/C9H20N2O2S2/c1-10-5-3-7-15(12,13)11-8-9-4-2-6-14-9/h9-11H,2-8H2,1H3. The lowest BCUT2D eigenvalue weighted by molar-refractivity contribution is 0.575. The lowest BCUT2D eigenvalue weighted by atomic mass is 10.2. The third kappa shape index (κ3) is 5.75. The van der Waals surface area contributed by atoms with Crippen LogP contribution >= 0.6 is 11.8 Å². The Morgan fingerprint density at radius 2 is 2.27 bits per heavy atom. The van der Waals surface area contributed by atoms with Gasteiger partial charge in [0.05, 0.1) is 5.75 Å². The first kappa shape index (κ1) is 13.3. The van der Waals surface area contributed by atoms with Crippen molar-refractivity contribution in [1.82, 2.24) is 10.0 Å². The van der Waals surface area contributed by atoms with Crippen molar-refractivity contribution in [3.05, 3.63) is 0 Å². The molecule has 0 aromatic rings. The lowest BCUT2D eigenvalue weighted by Crippen LogP contribution is -2.32. The van der Waals surface area contributed by atoms with Gasteiger partial charge in [0.25, 0.3) is 0 Å². The van der Waals surface area contributed by atoms with Gasteiger partial charge >= 0.3 is 0 Å². The van der Waals surface area contributed by atoms with Crippen molar-refractivity contribution in [3.63, 3.8) is 0 Å². The van der Waals surface area contributed by atoms with Crippen molar-refractivity contribution >= 4 is 21.8 Å². The summed E-state index contributed by atoms with van der Waals surface area (Å²) in [5.74, 6) is 1.40. The van der Waals surface area contributed by atoms with Crippen LogP contribution in [0.5, 0.6) is 0 Å². The van der Waals surface area contributed by atoms with E-state index in [1.165, 1.54) is 12.2 Å². The van der Waals surface area contributed by atoms with Crippen LogP contribution in [0.15, 0.2) is 0 Å². The van der Waals surface area contributed by atoms with E-state index >= 15 is 0 Å². The Balaban J connectivity index is 2.17. The Kier molecular flexibility index (Phi) is 5.96. The van der Waals surface area contributed by atoms with Gasteiger partial charge in [-0.25, -0.2) is 13.1 Å². The molecule has 1 unspecified atom stereocenters. The lowest BCUT2D eigenvalue weighted by Gasteiger charge is -2.10. The molecule has 4 nitrogen and oxygen atoms in total. The highest BCUT2D eigenvalue weighted by Crippen LogP contribution is 2.25. The number of rotatable bonds is 7. The maximum absolute atomic E-state index is 11.5. The van der Waals surface area contributed by atoms with E-state index in [1.54, 1.807) is 0 Å². The molecule has 0 aliphatic carbocycles. The first-order valence-electron chi connectivity index (χ1n) is 5.37. The number of hydrogen-bond donors (Lipinski definition) is 2. The third-order valence-electron chi connectivity index (χ3n) is 2.39. The molecule has 0 bridgehead atoms. The smallest absolute Gasteiger partial charge is 0.211 e. The quantitative estimate of drug-likeness (QED) is 0.644. The summed E-state index contributed by atoms with van der Waals surface area (Å²) >= 11 is 1.87. The minimum atomic E-state index is -3.04. The Hall–Kier alpha value is 0.220. The molecule has 0 amide bonds. The highest BCUT2D eigenvalue weighted by Gasteiger charge is 2.18. The molecule has 0 aromatic carbocycles. The molecule has 1 aliphatic heterocycles. The molecule has 2 N–H and O–H groups in total. The molecule has 15 heavy (non-hydrogen) atoms. The van der Waals surface area contributed by atoms with Gasteiger partial charge in [-0.3, -0.25) is 0 Å². The van der Waals surface area contributed by atoms with Crippen molar-refractivity contribution < 1.29 is 8.42 Å². The van der Waals surface area contributed by atoms with E-state index in [2.05, 4.69) is 10.0 Å². The second kappa shape index (κ2) is 6.73. The Bertz CT molecular complexity index is 261. The van der Waals surface area contributed by atoms with Crippen LogP contribution in [-0.2, 0) is 10.0 Å². The second-order valence-electron chi connectivity index (χ2n) is 3.76. The summed E-state index contributed by atoms with van der Waals surface area (Å²) in [4.78, 5) is 0. The molecule has 6 heteroatoms. The van der Waals surface area contributed by atoms with E-state index in [0.29, 0.717) is 18.2 Å². The zero-order chi connectivity index (χ0) is 11.1. The minimum absolute atomic E-state index is 0.227. The Morgan fingerprint density at radius 1 is 1.47 bits per heavy atom. The van der Waals surface area contributed by atoms with Crippen molar-refractivity contribution in [2.24, 2.45) is 0 Å². The largest absolute Gasteiger partial charge is 0.320 e. The average Bonchev–Trinajstić information content (AvgIpc) is 2.68. The van der Waals surface area contributed by atoms with Crippen LogP contribution in [0, 0.1) is 0 Å². The van der Waals surface area contributed by atoms with Gasteiger partial charge < -0.3 is 5.32 Å². The second-order valence-corrected chi connectivity index (χ2v) is 7.09. The van der Waals surface area contributed by atoms with Crippen LogP contribution < -0.4 is 10.0 Å². The van der Waals surface area contributed by atoms with Crippen molar-refractivity contribution in [2.75, 3.05) is 31.6 Å². The van der Waals surface area contributed by atoms with Crippen molar-refractivity contribution in [2.45, 2.75) is 24.5 Å². The highest BCUT2D eigenvalue weighted by molar-refractivity contribution is 8.00. The van der Waals surface area contributed by atoms with Crippen LogP contribution in [0.1, 0.15) is 19.3 Å². The number of sulfonamides is 1. The first-order valence-corrected chi connectivity index (χ1v) is 8.08. The highest BCUT2D eigenvalue weighted by atomic mass is 32.2. The van der Waals surface area contributed by atoms with Gasteiger partial charge in [0, 0.05) is 11.8 Å². The predicted molar refractivity (Wildman–Crippen MR) is 65.8 cm³/mol. The van der Waals surface area contributed by atoms with Gasteiger partial charge in [-0.2, -0.15) is 11.8 Å². The molecule has 1 atom stereocenters.